The number of amides is 1. The lowest BCUT2D eigenvalue weighted by Gasteiger charge is -2.23. The molecule has 0 aliphatic heterocycles. The summed E-state index contributed by atoms with van der Waals surface area (Å²) < 4.78 is 38.8. The molecule has 0 aliphatic carbocycles. The van der Waals surface area contributed by atoms with Crippen LogP contribution in [-0.2, 0) is 0 Å². The highest BCUT2D eigenvalue weighted by molar-refractivity contribution is 7.11. The number of alkyl halides is 3. The normalized spacial score (nSPS) is 11.3. The van der Waals surface area contributed by atoms with Crippen molar-refractivity contribution in [3.63, 3.8) is 0 Å². The maximum absolute atomic E-state index is 12.9. The number of benzene rings is 1. The number of para-hydroxylation sites is 1. The number of aromatic nitrogens is 1. The summed E-state index contributed by atoms with van der Waals surface area (Å²) in [5.74, 6) is -1.18. The van der Waals surface area contributed by atoms with Gasteiger partial charge in [-0.3, -0.25) is 4.79 Å². The van der Waals surface area contributed by atoms with Gasteiger partial charge in [0.25, 0.3) is 5.91 Å². The second-order valence-electron chi connectivity index (χ2n) is 3.28. The lowest BCUT2D eigenvalue weighted by Crippen LogP contribution is -2.43. The van der Waals surface area contributed by atoms with E-state index in [1.54, 1.807) is 6.07 Å². The summed E-state index contributed by atoms with van der Waals surface area (Å²) in [6.07, 6.45) is -3.50. The second kappa shape index (κ2) is 4.77. The van der Waals surface area contributed by atoms with Gasteiger partial charge in [0.15, 0.2) is 5.01 Å². The van der Waals surface area contributed by atoms with Crippen LogP contribution in [0.2, 0.25) is 0 Å². The highest BCUT2D eigenvalue weighted by Gasteiger charge is 2.43. The average Bonchev–Trinajstić information content (AvgIpc) is 2.82. The van der Waals surface area contributed by atoms with E-state index in [9.17, 15) is 18.0 Å². The van der Waals surface area contributed by atoms with Gasteiger partial charge in [-0.05, 0) is 12.1 Å². The summed E-state index contributed by atoms with van der Waals surface area (Å²) in [7, 11) is 0. The van der Waals surface area contributed by atoms with E-state index in [0.29, 0.717) is 0 Å². The van der Waals surface area contributed by atoms with E-state index in [1.165, 1.54) is 35.8 Å². The van der Waals surface area contributed by atoms with E-state index in [2.05, 4.69) is 4.98 Å². The maximum Gasteiger partial charge on any atom is 0.491 e. The third-order valence-corrected chi connectivity index (χ3v) is 2.85. The van der Waals surface area contributed by atoms with Crippen molar-refractivity contribution >= 4 is 22.9 Å². The lowest BCUT2D eigenvalue weighted by atomic mass is 10.3. The minimum absolute atomic E-state index is 0.198. The molecule has 7 heteroatoms. The van der Waals surface area contributed by atoms with Gasteiger partial charge in [0.1, 0.15) is 0 Å². The largest absolute Gasteiger partial charge is 0.491 e. The number of hydrogen-bond donors (Lipinski definition) is 0. The fourth-order valence-electron chi connectivity index (χ4n) is 1.38. The molecule has 18 heavy (non-hydrogen) atoms. The minimum atomic E-state index is -4.79. The van der Waals surface area contributed by atoms with Crippen molar-refractivity contribution in [2.75, 3.05) is 4.90 Å². The molecule has 2 rings (SSSR count). The Morgan fingerprint density at radius 2 is 1.89 bits per heavy atom. The van der Waals surface area contributed by atoms with Crippen LogP contribution < -0.4 is 4.90 Å². The summed E-state index contributed by atoms with van der Waals surface area (Å²) in [6.45, 7) is 0. The van der Waals surface area contributed by atoms with E-state index in [-0.39, 0.29) is 15.6 Å². The van der Waals surface area contributed by atoms with Gasteiger partial charge in [-0.1, -0.05) is 18.2 Å². The highest BCUT2D eigenvalue weighted by atomic mass is 32.1. The van der Waals surface area contributed by atoms with Crippen molar-refractivity contribution in [1.29, 1.82) is 0 Å². The Balaban J connectivity index is 2.42. The maximum atomic E-state index is 12.9. The molecule has 1 aromatic carbocycles. The molecule has 94 valence electrons. The van der Waals surface area contributed by atoms with Crippen molar-refractivity contribution in [2.45, 2.75) is 6.30 Å². The molecule has 2 aromatic rings. The SMILES string of the molecule is O=C(c1nccs1)N(c1ccccc1)C(F)(F)F. The summed E-state index contributed by atoms with van der Waals surface area (Å²) in [5.41, 5.74) is -0.231. The monoisotopic (exact) mass is 272 g/mol. The molecular formula is C11H7F3N2OS. The van der Waals surface area contributed by atoms with Crippen LogP contribution in [0.1, 0.15) is 9.80 Å². The van der Waals surface area contributed by atoms with Crippen LogP contribution in [-0.4, -0.2) is 17.2 Å². The number of rotatable bonds is 2. The number of carbonyl (C=O) groups excluding carboxylic acids is 1. The Morgan fingerprint density at radius 1 is 1.22 bits per heavy atom. The molecule has 1 amide bonds. The van der Waals surface area contributed by atoms with Crippen molar-refractivity contribution < 1.29 is 18.0 Å². The molecule has 0 bridgehead atoms. The molecule has 1 aromatic heterocycles. The lowest BCUT2D eigenvalue weighted by molar-refractivity contribution is -0.122. The Morgan fingerprint density at radius 3 is 2.39 bits per heavy atom. The average molecular weight is 272 g/mol. The molecule has 0 N–H and O–H groups in total. The van der Waals surface area contributed by atoms with Gasteiger partial charge in [-0.15, -0.1) is 24.5 Å². The van der Waals surface area contributed by atoms with Crippen molar-refractivity contribution in [2.24, 2.45) is 0 Å². The Hall–Kier alpha value is -1.89. The quantitative estimate of drug-likeness (QED) is 0.786. The van der Waals surface area contributed by atoms with Gasteiger partial charge in [0, 0.05) is 11.6 Å². The van der Waals surface area contributed by atoms with Crippen molar-refractivity contribution in [3.05, 3.63) is 46.9 Å². The van der Waals surface area contributed by atoms with Crippen LogP contribution in [0.25, 0.3) is 0 Å². The molecule has 0 fully saturated rings. The van der Waals surface area contributed by atoms with Crippen LogP contribution in [0.15, 0.2) is 41.9 Å². The number of thiazole rings is 1. The standard InChI is InChI=1S/C11H7F3N2OS/c12-11(13,14)16(8-4-2-1-3-5-8)10(17)9-15-6-7-18-9/h1-7H. The first-order valence-electron chi connectivity index (χ1n) is 4.86. The van der Waals surface area contributed by atoms with Crippen LogP contribution in [0, 0.1) is 0 Å². The molecule has 0 unspecified atom stereocenters. The number of carbonyl (C=O) groups is 1. The summed E-state index contributed by atoms with van der Waals surface area (Å²) in [6, 6.07) is 6.89. The number of nitrogens with zero attached hydrogens (tertiary/aromatic N) is 2. The molecule has 0 saturated heterocycles. The fraction of sp³-hybridized carbons (Fsp3) is 0.0909. The topological polar surface area (TPSA) is 33.2 Å². The van der Waals surface area contributed by atoms with Gasteiger partial charge >= 0.3 is 6.30 Å². The van der Waals surface area contributed by atoms with Gasteiger partial charge < -0.3 is 0 Å². The molecule has 3 nitrogen and oxygen atoms in total. The fourth-order valence-corrected chi connectivity index (χ4v) is 1.94. The van der Waals surface area contributed by atoms with E-state index in [1.807, 2.05) is 0 Å². The van der Waals surface area contributed by atoms with Crippen molar-refractivity contribution in [1.82, 2.24) is 4.98 Å². The minimum Gasteiger partial charge on any atom is -0.266 e. The third kappa shape index (κ3) is 2.51. The van der Waals surface area contributed by atoms with E-state index in [0.717, 1.165) is 11.3 Å². The van der Waals surface area contributed by atoms with E-state index >= 15 is 0 Å². The van der Waals surface area contributed by atoms with Gasteiger partial charge in [0.05, 0.1) is 5.69 Å². The predicted molar refractivity (Wildman–Crippen MR) is 61.4 cm³/mol. The van der Waals surface area contributed by atoms with Gasteiger partial charge in [-0.25, -0.2) is 9.88 Å². The summed E-state index contributed by atoms with van der Waals surface area (Å²) in [4.78, 5) is 15.2. The zero-order chi connectivity index (χ0) is 13.2. The van der Waals surface area contributed by atoms with Crippen LogP contribution in [0.3, 0.4) is 0 Å². The first-order valence-corrected chi connectivity index (χ1v) is 5.74. The van der Waals surface area contributed by atoms with E-state index in [4.69, 9.17) is 0 Å². The Labute approximate surface area is 104 Å². The summed E-state index contributed by atoms with van der Waals surface area (Å²) in [5, 5.41) is 1.25. The van der Waals surface area contributed by atoms with Gasteiger partial charge in [0.2, 0.25) is 0 Å². The summed E-state index contributed by atoms with van der Waals surface area (Å²) >= 11 is 0.868. The van der Waals surface area contributed by atoms with Gasteiger partial charge in [-0.2, -0.15) is 0 Å². The smallest absolute Gasteiger partial charge is 0.266 e. The number of hydrogen-bond acceptors (Lipinski definition) is 3. The highest BCUT2D eigenvalue weighted by Crippen LogP contribution is 2.30. The molecular weight excluding hydrogens is 265 g/mol. The Kier molecular flexibility index (Phi) is 3.33. The third-order valence-electron chi connectivity index (χ3n) is 2.09. The zero-order valence-electron chi connectivity index (χ0n) is 8.89. The molecule has 0 saturated carbocycles. The first-order chi connectivity index (χ1) is 8.50. The van der Waals surface area contributed by atoms with Crippen LogP contribution in [0.5, 0.6) is 0 Å². The van der Waals surface area contributed by atoms with Crippen molar-refractivity contribution in [3.8, 4) is 0 Å². The predicted octanol–water partition coefficient (Wildman–Crippen LogP) is 3.31. The number of anilines is 1. The Bertz CT molecular complexity index is 525. The second-order valence-corrected chi connectivity index (χ2v) is 4.18. The molecule has 1 heterocycles. The molecule has 0 atom stereocenters. The molecule has 0 aliphatic rings. The van der Waals surface area contributed by atoms with Crippen LogP contribution >= 0.6 is 11.3 Å². The van der Waals surface area contributed by atoms with Crippen LogP contribution in [0.4, 0.5) is 18.9 Å². The zero-order valence-corrected chi connectivity index (χ0v) is 9.70. The molecule has 0 radical (unpaired) electrons. The van der Waals surface area contributed by atoms with E-state index < -0.39 is 12.2 Å². The molecule has 0 spiro atoms. The number of halogens is 3. The first kappa shape index (κ1) is 12.6.